The van der Waals surface area contributed by atoms with Crippen molar-refractivity contribution >= 4 is 74.3 Å². The summed E-state index contributed by atoms with van der Waals surface area (Å²) in [6.45, 7) is 3.49. The average Bonchev–Trinajstić information content (AvgIpc) is 3.19. The fourth-order valence-electron chi connectivity index (χ4n) is 7.93. The van der Waals surface area contributed by atoms with E-state index in [1.807, 2.05) is 0 Å². The van der Waals surface area contributed by atoms with Crippen molar-refractivity contribution in [1.29, 1.82) is 0 Å². The molecule has 2 atom stereocenters. The van der Waals surface area contributed by atoms with Crippen LogP contribution in [-0.2, 0) is 33.4 Å². The molecule has 0 N–H and O–H groups in total. The van der Waals surface area contributed by atoms with Crippen molar-refractivity contribution in [2.45, 2.75) is 52.7 Å². The molecule has 2 aliphatic carbocycles. The lowest BCUT2D eigenvalue weighted by Gasteiger charge is -2.34. The predicted octanol–water partition coefficient (Wildman–Crippen LogP) is 4.89. The minimum absolute atomic E-state index is 0.0907. The largest absolute Gasteiger partial charge is 0.425 e. The first-order valence-electron chi connectivity index (χ1n) is 18.0. The lowest BCUT2D eigenvalue weighted by molar-refractivity contribution is -0.142. The number of Topliss-reactive ketones (excluding diaryl/α,β-unsaturated/α-hetero) is 5. The fourth-order valence-corrected chi connectivity index (χ4v) is 7.93. The van der Waals surface area contributed by atoms with Gasteiger partial charge in [-0.2, -0.15) is 0 Å². The van der Waals surface area contributed by atoms with Gasteiger partial charge >= 0.3 is 23.9 Å². The molecule has 58 heavy (non-hydrogen) atoms. The molecule has 4 aliphatic rings. The summed E-state index contributed by atoms with van der Waals surface area (Å²) in [4.78, 5) is 120. The first kappa shape index (κ1) is 37.9. The van der Waals surface area contributed by atoms with E-state index in [9.17, 15) is 43.2 Å². The van der Waals surface area contributed by atoms with Crippen LogP contribution >= 0.6 is 0 Å². The summed E-state index contributed by atoms with van der Waals surface area (Å²) in [5, 5.41) is 0.908. The van der Waals surface area contributed by atoms with Gasteiger partial charge in [0.15, 0.2) is 51.9 Å². The summed E-state index contributed by atoms with van der Waals surface area (Å²) in [6, 6.07) is 12.6. The third kappa shape index (κ3) is 6.02. The van der Waals surface area contributed by atoms with E-state index >= 15 is 0 Å². The Morgan fingerprint density at radius 1 is 0.448 bits per heavy atom. The van der Waals surface area contributed by atoms with Gasteiger partial charge in [-0.25, -0.2) is 0 Å². The van der Waals surface area contributed by atoms with Crippen LogP contribution in [0.2, 0.25) is 0 Å². The standard InChI is InChI=1S/C43H30O15/c1-17(44)55-40-21-9-5-7-11-23(21)42(57-19(3)46)33-31(40)35(48)25-13-29(53-15-27(25)37(33)50)39(52)30-14-26-28(16-54-30)38(51)34-32(36(26)49)41(56-18(2)45)22-10-6-8-12-24(22)43(34)58-20(4)47/h5-12,29-30H,13-16H2,1-4H3. The fraction of sp³-hybridized carbons (Fsp3) is 0.233. The van der Waals surface area contributed by atoms with Crippen LogP contribution < -0.4 is 18.9 Å². The topological polar surface area (TPSA) is 209 Å². The lowest BCUT2D eigenvalue weighted by atomic mass is 9.76. The lowest BCUT2D eigenvalue weighted by Crippen LogP contribution is -2.44. The van der Waals surface area contributed by atoms with E-state index in [0.29, 0.717) is 0 Å². The normalized spacial score (nSPS) is 18.6. The third-order valence-electron chi connectivity index (χ3n) is 10.2. The highest BCUT2D eigenvalue weighted by atomic mass is 16.6. The molecule has 2 aliphatic heterocycles. The molecular weight excluding hydrogens is 756 g/mol. The Labute approximate surface area is 327 Å². The van der Waals surface area contributed by atoms with Crippen LogP contribution in [-0.4, -0.2) is 78.2 Å². The molecule has 0 amide bonds. The monoisotopic (exact) mass is 786 g/mol. The van der Waals surface area contributed by atoms with Crippen molar-refractivity contribution in [1.82, 2.24) is 0 Å². The Morgan fingerprint density at radius 3 is 0.966 bits per heavy atom. The number of esters is 4. The summed E-state index contributed by atoms with van der Waals surface area (Å²) >= 11 is 0. The average molecular weight is 787 g/mol. The molecule has 0 saturated heterocycles. The van der Waals surface area contributed by atoms with E-state index in [1.54, 1.807) is 36.4 Å². The highest BCUT2D eigenvalue weighted by Gasteiger charge is 2.47. The predicted molar refractivity (Wildman–Crippen MR) is 198 cm³/mol. The Hall–Kier alpha value is -6.97. The molecule has 15 nitrogen and oxygen atoms in total. The second kappa shape index (κ2) is 14.2. The zero-order valence-electron chi connectivity index (χ0n) is 31.2. The second-order valence-corrected chi connectivity index (χ2v) is 13.9. The van der Waals surface area contributed by atoms with E-state index in [0.717, 1.165) is 27.7 Å². The van der Waals surface area contributed by atoms with Crippen LogP contribution in [0.5, 0.6) is 23.0 Å². The van der Waals surface area contributed by atoms with Crippen molar-refractivity contribution in [2.75, 3.05) is 13.2 Å². The van der Waals surface area contributed by atoms with Crippen LogP contribution in [0.1, 0.15) is 82.0 Å². The molecule has 4 aromatic carbocycles. The number of hydrogen-bond acceptors (Lipinski definition) is 15. The number of fused-ring (bicyclic) bond motifs is 4. The molecule has 292 valence electrons. The van der Waals surface area contributed by atoms with Gasteiger partial charge in [0.25, 0.3) is 0 Å². The molecule has 0 bridgehead atoms. The minimum atomic E-state index is -1.37. The summed E-state index contributed by atoms with van der Waals surface area (Å²) in [5.74, 6) is -7.63. The van der Waals surface area contributed by atoms with E-state index in [-0.39, 0.29) is 89.1 Å². The van der Waals surface area contributed by atoms with E-state index < -0.39 is 91.1 Å². The van der Waals surface area contributed by atoms with Crippen molar-refractivity contribution in [3.63, 3.8) is 0 Å². The first-order chi connectivity index (χ1) is 27.7. The molecule has 0 saturated carbocycles. The smallest absolute Gasteiger partial charge is 0.308 e. The maximum Gasteiger partial charge on any atom is 0.308 e. The number of benzene rings is 4. The molecule has 0 aromatic heterocycles. The van der Waals surface area contributed by atoms with Crippen molar-refractivity contribution in [2.24, 2.45) is 0 Å². The van der Waals surface area contributed by atoms with E-state index in [1.165, 1.54) is 12.1 Å². The van der Waals surface area contributed by atoms with Gasteiger partial charge in [0.05, 0.1) is 35.5 Å². The molecule has 4 aromatic rings. The zero-order valence-corrected chi connectivity index (χ0v) is 31.2. The number of hydrogen-bond donors (Lipinski definition) is 0. The second-order valence-electron chi connectivity index (χ2n) is 13.9. The summed E-state index contributed by atoms with van der Waals surface area (Å²) in [6.07, 6.45) is -3.56. The van der Waals surface area contributed by atoms with Crippen LogP contribution in [0.4, 0.5) is 0 Å². The van der Waals surface area contributed by atoms with E-state index in [4.69, 9.17) is 28.4 Å². The Bertz CT molecular complexity index is 2560. The van der Waals surface area contributed by atoms with Gasteiger partial charge in [0, 0.05) is 84.4 Å². The maximum atomic E-state index is 14.4. The molecule has 0 radical (unpaired) electrons. The highest BCUT2D eigenvalue weighted by Crippen LogP contribution is 2.49. The van der Waals surface area contributed by atoms with Crippen molar-refractivity contribution < 1.29 is 71.6 Å². The van der Waals surface area contributed by atoms with Gasteiger partial charge in [-0.3, -0.25) is 43.2 Å². The zero-order chi connectivity index (χ0) is 41.3. The maximum absolute atomic E-state index is 14.4. The quantitative estimate of drug-likeness (QED) is 0.188. The molecule has 0 fully saturated rings. The Balaban J connectivity index is 1.14. The van der Waals surface area contributed by atoms with Gasteiger partial charge in [-0.05, 0) is 0 Å². The van der Waals surface area contributed by atoms with Crippen molar-refractivity contribution in [3.05, 3.63) is 93.1 Å². The number of carbonyl (C=O) groups excluding carboxylic acids is 9. The minimum Gasteiger partial charge on any atom is -0.425 e. The first-order valence-corrected chi connectivity index (χ1v) is 18.0. The van der Waals surface area contributed by atoms with E-state index in [2.05, 4.69) is 0 Å². The number of ether oxygens (including phenoxy) is 6. The van der Waals surface area contributed by atoms with Gasteiger partial charge < -0.3 is 28.4 Å². The molecular formula is C43H30O15. The SMILES string of the molecule is CC(=O)Oc1c2c(c(OC(C)=O)c3ccccc13)C(=O)C1=C(COC(C(=O)C3CC4=C(CO3)C(=O)c3c(c(OC(C)=O)c5ccccc5c3OC(C)=O)C4=O)C1)C2=O. The Morgan fingerprint density at radius 2 is 0.707 bits per heavy atom. The Kier molecular flexibility index (Phi) is 9.29. The van der Waals surface area contributed by atoms with Crippen LogP contribution in [0.15, 0.2) is 70.8 Å². The summed E-state index contributed by atoms with van der Waals surface area (Å²) in [5.41, 5.74) is -1.60. The molecule has 0 spiro atoms. The molecule has 8 rings (SSSR count). The highest BCUT2D eigenvalue weighted by molar-refractivity contribution is 6.33. The molecule has 2 unspecified atom stereocenters. The third-order valence-corrected chi connectivity index (χ3v) is 10.2. The van der Waals surface area contributed by atoms with Crippen molar-refractivity contribution in [3.8, 4) is 23.0 Å². The van der Waals surface area contributed by atoms with Crippen LogP contribution in [0, 0.1) is 0 Å². The number of carbonyl (C=O) groups is 9. The van der Waals surface area contributed by atoms with Gasteiger partial charge in [-0.1, -0.05) is 48.5 Å². The van der Waals surface area contributed by atoms with Gasteiger partial charge in [-0.15, -0.1) is 0 Å². The van der Waals surface area contributed by atoms with Crippen LogP contribution in [0.3, 0.4) is 0 Å². The van der Waals surface area contributed by atoms with Gasteiger partial charge in [0.1, 0.15) is 12.2 Å². The molecule has 2 heterocycles. The molecule has 15 heteroatoms. The summed E-state index contributed by atoms with van der Waals surface area (Å²) < 4.78 is 33.8. The number of rotatable bonds is 6. The number of ketones is 5. The summed E-state index contributed by atoms with van der Waals surface area (Å²) in [7, 11) is 0. The van der Waals surface area contributed by atoms with Crippen LogP contribution in [0.25, 0.3) is 21.5 Å². The van der Waals surface area contributed by atoms with Gasteiger partial charge in [0.2, 0.25) is 0 Å².